The van der Waals surface area contributed by atoms with Crippen LogP contribution in [0.2, 0.25) is 0 Å². The summed E-state index contributed by atoms with van der Waals surface area (Å²) in [7, 11) is 2.18. The predicted molar refractivity (Wildman–Crippen MR) is 82.7 cm³/mol. The lowest BCUT2D eigenvalue weighted by atomic mass is 9.93. The molecule has 0 radical (unpaired) electrons. The summed E-state index contributed by atoms with van der Waals surface area (Å²) in [5.74, 6) is 0.431. The summed E-state index contributed by atoms with van der Waals surface area (Å²) in [5.41, 5.74) is 1.35. The van der Waals surface area contributed by atoms with E-state index in [1.807, 2.05) is 0 Å². The normalized spacial score (nSPS) is 17.0. The first-order valence-corrected chi connectivity index (χ1v) is 7.42. The average molecular weight is 267 g/mol. The summed E-state index contributed by atoms with van der Waals surface area (Å²) in [6, 6.07) is 15.7. The third kappa shape index (κ3) is 2.91. The van der Waals surface area contributed by atoms with Crippen molar-refractivity contribution in [1.82, 2.24) is 4.90 Å². The van der Waals surface area contributed by atoms with Crippen LogP contribution in [-0.4, -0.2) is 23.8 Å². The van der Waals surface area contributed by atoms with Gasteiger partial charge < -0.3 is 0 Å². The Balaban J connectivity index is 1.70. The molecule has 0 aromatic heterocycles. The Morgan fingerprint density at radius 1 is 1.05 bits per heavy atom. The quantitative estimate of drug-likeness (QED) is 0.843. The number of hydrogen-bond donors (Lipinski definition) is 0. The highest BCUT2D eigenvalue weighted by molar-refractivity contribution is 5.83. The van der Waals surface area contributed by atoms with Crippen molar-refractivity contribution in [3.63, 3.8) is 0 Å². The zero-order chi connectivity index (χ0) is 13.9. The molecule has 104 valence electrons. The van der Waals surface area contributed by atoms with Gasteiger partial charge in [0.2, 0.25) is 0 Å². The summed E-state index contributed by atoms with van der Waals surface area (Å²) in [5, 5.41) is 2.60. The third-order valence-corrected chi connectivity index (χ3v) is 4.38. The second-order valence-electron chi connectivity index (χ2n) is 5.87. The topological polar surface area (TPSA) is 20.3 Å². The van der Waals surface area contributed by atoms with Crippen LogP contribution in [0.5, 0.6) is 0 Å². The van der Waals surface area contributed by atoms with E-state index in [0.717, 1.165) is 32.2 Å². The fourth-order valence-electron chi connectivity index (χ4n) is 3.12. The average Bonchev–Trinajstić information content (AvgIpc) is 2.48. The first-order chi connectivity index (χ1) is 9.72. The maximum atomic E-state index is 11.3. The van der Waals surface area contributed by atoms with Crippen LogP contribution >= 0.6 is 0 Å². The Morgan fingerprint density at radius 2 is 1.75 bits per heavy atom. The van der Waals surface area contributed by atoms with E-state index in [1.165, 1.54) is 16.3 Å². The number of benzene rings is 2. The number of fused-ring (bicyclic) bond motifs is 1. The summed E-state index contributed by atoms with van der Waals surface area (Å²) in [6.07, 6.45) is 3.55. The van der Waals surface area contributed by atoms with Crippen molar-refractivity contribution in [3.05, 3.63) is 48.0 Å². The molecule has 0 amide bonds. The Hall–Kier alpha value is -1.67. The van der Waals surface area contributed by atoms with E-state index in [-0.39, 0.29) is 0 Å². The Labute approximate surface area is 120 Å². The van der Waals surface area contributed by atoms with Gasteiger partial charge >= 0.3 is 0 Å². The highest BCUT2D eigenvalue weighted by Gasteiger charge is 2.22. The first-order valence-electron chi connectivity index (χ1n) is 7.42. The fourth-order valence-corrected chi connectivity index (χ4v) is 3.12. The zero-order valence-electron chi connectivity index (χ0n) is 12.0. The van der Waals surface area contributed by atoms with E-state index >= 15 is 0 Å². The molecule has 1 saturated carbocycles. The Kier molecular flexibility index (Phi) is 3.83. The van der Waals surface area contributed by atoms with Crippen molar-refractivity contribution >= 4 is 16.6 Å². The molecule has 0 saturated heterocycles. The van der Waals surface area contributed by atoms with Gasteiger partial charge in [-0.05, 0) is 42.3 Å². The molecule has 2 aromatic rings. The number of rotatable bonds is 3. The second kappa shape index (κ2) is 5.76. The molecule has 3 rings (SSSR count). The van der Waals surface area contributed by atoms with Gasteiger partial charge in [-0.2, -0.15) is 0 Å². The van der Waals surface area contributed by atoms with Crippen LogP contribution in [-0.2, 0) is 11.3 Å². The molecule has 1 aliphatic rings. The first kappa shape index (κ1) is 13.3. The summed E-state index contributed by atoms with van der Waals surface area (Å²) >= 11 is 0. The number of hydrogen-bond acceptors (Lipinski definition) is 2. The lowest BCUT2D eigenvalue weighted by Crippen LogP contribution is -2.34. The fraction of sp³-hybridized carbons (Fsp3) is 0.389. The summed E-state index contributed by atoms with van der Waals surface area (Å²) in [6.45, 7) is 0.962. The van der Waals surface area contributed by atoms with E-state index in [2.05, 4.69) is 54.4 Å². The van der Waals surface area contributed by atoms with Crippen LogP contribution in [0.25, 0.3) is 10.8 Å². The van der Waals surface area contributed by atoms with Crippen LogP contribution in [0.3, 0.4) is 0 Å². The van der Waals surface area contributed by atoms with Crippen LogP contribution in [0.15, 0.2) is 42.5 Å². The van der Waals surface area contributed by atoms with Gasteiger partial charge in [0.1, 0.15) is 5.78 Å². The number of nitrogens with zero attached hydrogens (tertiary/aromatic N) is 1. The number of Topliss-reactive ketones (excluding diaryl/α,β-unsaturated/α-hetero) is 1. The highest BCUT2D eigenvalue weighted by atomic mass is 16.1. The molecule has 2 nitrogen and oxygen atoms in total. The molecule has 0 atom stereocenters. The van der Waals surface area contributed by atoms with E-state index in [1.54, 1.807) is 0 Å². The van der Waals surface area contributed by atoms with Crippen LogP contribution < -0.4 is 0 Å². The van der Waals surface area contributed by atoms with Gasteiger partial charge in [-0.3, -0.25) is 9.69 Å². The lowest BCUT2D eigenvalue weighted by Gasteiger charge is -2.30. The standard InChI is InChI=1S/C18H21NO/c1-19(17-8-10-18(20)11-9-17)13-14-6-7-15-4-2-3-5-16(15)12-14/h2-7,12,17H,8-11,13H2,1H3. The van der Waals surface area contributed by atoms with Gasteiger partial charge in [-0.25, -0.2) is 0 Å². The monoisotopic (exact) mass is 267 g/mol. The Bertz CT molecular complexity index is 610. The van der Waals surface area contributed by atoms with Gasteiger partial charge in [-0.15, -0.1) is 0 Å². The molecule has 0 unspecified atom stereocenters. The van der Waals surface area contributed by atoms with Gasteiger partial charge in [-0.1, -0.05) is 36.4 Å². The minimum Gasteiger partial charge on any atom is -0.300 e. The van der Waals surface area contributed by atoms with Crippen molar-refractivity contribution in [3.8, 4) is 0 Å². The van der Waals surface area contributed by atoms with Crippen molar-refractivity contribution in [2.24, 2.45) is 0 Å². The van der Waals surface area contributed by atoms with E-state index in [9.17, 15) is 4.79 Å². The molecule has 1 aliphatic carbocycles. The van der Waals surface area contributed by atoms with E-state index in [0.29, 0.717) is 11.8 Å². The molecule has 0 aliphatic heterocycles. The number of carbonyl (C=O) groups excluding carboxylic acids is 1. The lowest BCUT2D eigenvalue weighted by molar-refractivity contribution is -0.121. The molecular formula is C18H21NO. The second-order valence-corrected chi connectivity index (χ2v) is 5.87. The van der Waals surface area contributed by atoms with Crippen molar-refractivity contribution < 1.29 is 4.79 Å². The molecule has 0 heterocycles. The smallest absolute Gasteiger partial charge is 0.133 e. The third-order valence-electron chi connectivity index (χ3n) is 4.38. The molecule has 2 heteroatoms. The van der Waals surface area contributed by atoms with E-state index in [4.69, 9.17) is 0 Å². The molecule has 20 heavy (non-hydrogen) atoms. The van der Waals surface area contributed by atoms with Crippen LogP contribution in [0.4, 0.5) is 0 Å². The molecule has 0 N–H and O–H groups in total. The summed E-state index contributed by atoms with van der Waals surface area (Å²) < 4.78 is 0. The molecule has 1 fully saturated rings. The van der Waals surface area contributed by atoms with Crippen molar-refractivity contribution in [2.75, 3.05) is 7.05 Å². The minimum absolute atomic E-state index is 0.431. The molecular weight excluding hydrogens is 246 g/mol. The van der Waals surface area contributed by atoms with Gasteiger partial charge in [0, 0.05) is 25.4 Å². The highest BCUT2D eigenvalue weighted by Crippen LogP contribution is 2.22. The van der Waals surface area contributed by atoms with Crippen LogP contribution in [0, 0.1) is 0 Å². The van der Waals surface area contributed by atoms with Crippen molar-refractivity contribution in [1.29, 1.82) is 0 Å². The SMILES string of the molecule is CN(Cc1ccc2ccccc2c1)C1CCC(=O)CC1. The maximum Gasteiger partial charge on any atom is 0.133 e. The number of ketones is 1. The predicted octanol–water partition coefficient (Wildman–Crippen LogP) is 3.78. The molecule has 0 bridgehead atoms. The van der Waals surface area contributed by atoms with Gasteiger partial charge in [0.25, 0.3) is 0 Å². The summed E-state index contributed by atoms with van der Waals surface area (Å²) in [4.78, 5) is 13.7. The molecule has 2 aromatic carbocycles. The Morgan fingerprint density at radius 3 is 2.50 bits per heavy atom. The van der Waals surface area contributed by atoms with Crippen molar-refractivity contribution in [2.45, 2.75) is 38.3 Å². The van der Waals surface area contributed by atoms with E-state index < -0.39 is 0 Å². The zero-order valence-corrected chi connectivity index (χ0v) is 12.0. The number of carbonyl (C=O) groups is 1. The largest absolute Gasteiger partial charge is 0.300 e. The molecule has 0 spiro atoms. The minimum atomic E-state index is 0.431. The van der Waals surface area contributed by atoms with Gasteiger partial charge in [0.05, 0.1) is 0 Å². The van der Waals surface area contributed by atoms with Crippen LogP contribution in [0.1, 0.15) is 31.2 Å². The van der Waals surface area contributed by atoms with Gasteiger partial charge in [0.15, 0.2) is 0 Å². The maximum absolute atomic E-state index is 11.3.